The Labute approximate surface area is 77.3 Å². The summed E-state index contributed by atoms with van der Waals surface area (Å²) in [4.78, 5) is 2.76. The van der Waals surface area contributed by atoms with Gasteiger partial charge in [0.2, 0.25) is 0 Å². The van der Waals surface area contributed by atoms with E-state index in [0.29, 0.717) is 0 Å². The highest BCUT2D eigenvalue weighted by Gasteiger charge is 1.89. The van der Waals surface area contributed by atoms with Crippen LogP contribution in [0.1, 0.15) is 18.9 Å². The highest BCUT2D eigenvalue weighted by molar-refractivity contribution is 5.52. The molecule has 3 nitrogen and oxygen atoms in total. The topological polar surface area (TPSA) is 48.8 Å². The van der Waals surface area contributed by atoms with Gasteiger partial charge in [-0.2, -0.15) is 0 Å². The predicted octanol–water partition coefficient (Wildman–Crippen LogP) is 3.75. The van der Waals surface area contributed by atoms with Crippen molar-refractivity contribution in [2.24, 2.45) is 5.11 Å². The third-order valence-electron chi connectivity index (χ3n) is 1.67. The molecule has 13 heavy (non-hydrogen) atoms. The van der Waals surface area contributed by atoms with E-state index in [2.05, 4.69) is 10.0 Å². The monoisotopic (exact) mass is 173 g/mol. The van der Waals surface area contributed by atoms with Gasteiger partial charge in [0.1, 0.15) is 0 Å². The molecule has 1 rings (SSSR count). The van der Waals surface area contributed by atoms with Crippen LogP contribution >= 0.6 is 0 Å². The molecule has 0 saturated carbocycles. The van der Waals surface area contributed by atoms with Crippen molar-refractivity contribution in [3.8, 4) is 0 Å². The summed E-state index contributed by atoms with van der Waals surface area (Å²) in [6.07, 6.45) is 2.64. The zero-order chi connectivity index (χ0) is 9.52. The maximum absolute atomic E-state index is 8.26. The van der Waals surface area contributed by atoms with E-state index in [-0.39, 0.29) is 0 Å². The van der Waals surface area contributed by atoms with E-state index in [1.807, 2.05) is 43.3 Å². The summed E-state index contributed by atoms with van der Waals surface area (Å²) in [5, 5.41) is 3.58. The molecule has 0 heterocycles. The Morgan fingerprint density at radius 3 is 2.69 bits per heavy atom. The highest BCUT2D eigenvalue weighted by atomic mass is 15.1. The molecule has 0 amide bonds. The van der Waals surface area contributed by atoms with E-state index in [1.165, 1.54) is 0 Å². The van der Waals surface area contributed by atoms with Crippen LogP contribution in [0.2, 0.25) is 0 Å². The second-order valence-corrected chi connectivity index (χ2v) is 2.59. The number of hydrogen-bond donors (Lipinski definition) is 0. The lowest BCUT2D eigenvalue weighted by molar-refractivity contribution is 1.07. The van der Waals surface area contributed by atoms with Crippen LogP contribution in [0.3, 0.4) is 0 Å². The second-order valence-electron chi connectivity index (χ2n) is 2.59. The third-order valence-corrected chi connectivity index (χ3v) is 1.67. The molecule has 0 aliphatic rings. The highest BCUT2D eigenvalue weighted by Crippen LogP contribution is 2.10. The maximum Gasteiger partial charge on any atom is 0.0154 e. The summed E-state index contributed by atoms with van der Waals surface area (Å²) in [6.45, 7) is 1.96. The van der Waals surface area contributed by atoms with Crippen LogP contribution in [0, 0.1) is 0 Å². The Balaban J connectivity index is 2.91. The lowest BCUT2D eigenvalue weighted by atomic mass is 10.2. The van der Waals surface area contributed by atoms with Crippen LogP contribution in [0.4, 0.5) is 0 Å². The van der Waals surface area contributed by atoms with Crippen molar-refractivity contribution in [2.45, 2.75) is 13.3 Å². The van der Waals surface area contributed by atoms with Gasteiger partial charge in [-0.05, 0) is 23.6 Å². The van der Waals surface area contributed by atoms with Gasteiger partial charge in [-0.1, -0.05) is 42.4 Å². The molecular weight excluding hydrogens is 162 g/mol. The molecule has 1 aromatic carbocycles. The van der Waals surface area contributed by atoms with Crippen molar-refractivity contribution in [1.29, 1.82) is 0 Å². The van der Waals surface area contributed by atoms with Gasteiger partial charge in [-0.15, -0.1) is 0 Å². The minimum absolute atomic E-state index is 0.749. The molecule has 0 aliphatic carbocycles. The first-order chi connectivity index (χ1) is 6.36. The molecule has 1 aromatic rings. The quantitative estimate of drug-likeness (QED) is 0.379. The number of hydrogen-bond acceptors (Lipinski definition) is 1. The summed E-state index contributed by atoms with van der Waals surface area (Å²) in [5.74, 6) is 0. The van der Waals surface area contributed by atoms with Crippen molar-refractivity contribution < 1.29 is 0 Å². The van der Waals surface area contributed by atoms with Crippen molar-refractivity contribution in [3.63, 3.8) is 0 Å². The molecule has 0 spiro atoms. The molecule has 0 radical (unpaired) electrons. The third kappa shape index (κ3) is 3.01. The fraction of sp³-hybridized carbons (Fsp3) is 0.200. The van der Waals surface area contributed by atoms with Crippen LogP contribution in [0.15, 0.2) is 41.1 Å². The van der Waals surface area contributed by atoms with Crippen molar-refractivity contribution in [3.05, 3.63) is 52.0 Å². The summed E-state index contributed by atoms with van der Waals surface area (Å²) in [5.41, 5.74) is 10.1. The molecular formula is C10H11N3. The zero-order valence-electron chi connectivity index (χ0n) is 7.51. The standard InChI is InChI=1S/C10H11N3/c1-2-10(12-13-11)8-9-6-4-3-5-7-9/h3-8H,2H2,1H3/b10-8-. The van der Waals surface area contributed by atoms with Crippen LogP contribution < -0.4 is 0 Å². The summed E-state index contributed by atoms with van der Waals surface area (Å²) in [7, 11) is 0. The van der Waals surface area contributed by atoms with Gasteiger partial charge in [-0.25, -0.2) is 0 Å². The van der Waals surface area contributed by atoms with Gasteiger partial charge in [0.05, 0.1) is 0 Å². The average Bonchev–Trinajstić information content (AvgIpc) is 2.19. The van der Waals surface area contributed by atoms with Crippen molar-refractivity contribution in [2.75, 3.05) is 0 Å². The smallest absolute Gasteiger partial charge is 0.0154 e. The van der Waals surface area contributed by atoms with Crippen LogP contribution in [-0.4, -0.2) is 0 Å². The fourth-order valence-electron chi connectivity index (χ4n) is 1.00. The SMILES string of the molecule is CC/C(=C/c1ccccc1)N=[N+]=[N-]. The molecule has 66 valence electrons. The first kappa shape index (κ1) is 9.36. The largest absolute Gasteiger partial charge is 0.0651 e. The number of azide groups is 1. The average molecular weight is 173 g/mol. The Kier molecular flexibility index (Phi) is 3.61. The van der Waals surface area contributed by atoms with Crippen molar-refractivity contribution in [1.82, 2.24) is 0 Å². The zero-order valence-corrected chi connectivity index (χ0v) is 7.51. The Morgan fingerprint density at radius 1 is 1.46 bits per heavy atom. The van der Waals surface area contributed by atoms with Crippen LogP contribution in [0.5, 0.6) is 0 Å². The normalized spacial score (nSPS) is 10.7. The van der Waals surface area contributed by atoms with Gasteiger partial charge in [0, 0.05) is 10.6 Å². The minimum Gasteiger partial charge on any atom is -0.0651 e. The van der Waals surface area contributed by atoms with Gasteiger partial charge < -0.3 is 0 Å². The minimum atomic E-state index is 0.749. The molecule has 0 bridgehead atoms. The molecule has 0 atom stereocenters. The lowest BCUT2D eigenvalue weighted by Gasteiger charge is -1.95. The van der Waals surface area contributed by atoms with Crippen LogP contribution in [-0.2, 0) is 0 Å². The maximum atomic E-state index is 8.26. The van der Waals surface area contributed by atoms with E-state index in [9.17, 15) is 0 Å². The molecule has 0 aromatic heterocycles. The summed E-state index contributed by atoms with van der Waals surface area (Å²) in [6, 6.07) is 9.81. The summed E-state index contributed by atoms with van der Waals surface area (Å²) < 4.78 is 0. The molecule has 3 heteroatoms. The molecule has 0 fully saturated rings. The van der Waals surface area contributed by atoms with Gasteiger partial charge in [-0.3, -0.25) is 0 Å². The Morgan fingerprint density at radius 2 is 2.15 bits per heavy atom. The second kappa shape index (κ2) is 5.01. The molecule has 0 aliphatic heterocycles. The Bertz CT molecular complexity index is 334. The predicted molar refractivity (Wildman–Crippen MR) is 53.9 cm³/mol. The van der Waals surface area contributed by atoms with E-state index < -0.39 is 0 Å². The van der Waals surface area contributed by atoms with Crippen LogP contribution in [0.25, 0.3) is 16.5 Å². The lowest BCUT2D eigenvalue weighted by Crippen LogP contribution is -1.74. The van der Waals surface area contributed by atoms with E-state index in [1.54, 1.807) is 0 Å². The molecule has 0 unspecified atom stereocenters. The van der Waals surface area contributed by atoms with E-state index >= 15 is 0 Å². The number of allylic oxidation sites excluding steroid dienone is 1. The van der Waals surface area contributed by atoms with Gasteiger partial charge in [0.25, 0.3) is 0 Å². The van der Waals surface area contributed by atoms with E-state index in [0.717, 1.165) is 17.7 Å². The first-order valence-corrected chi connectivity index (χ1v) is 4.17. The molecule has 0 N–H and O–H groups in total. The van der Waals surface area contributed by atoms with Gasteiger partial charge in [0.15, 0.2) is 0 Å². The Hall–Kier alpha value is -1.73. The first-order valence-electron chi connectivity index (χ1n) is 4.17. The molecule has 0 saturated heterocycles. The van der Waals surface area contributed by atoms with Crippen molar-refractivity contribution >= 4 is 6.08 Å². The van der Waals surface area contributed by atoms with E-state index in [4.69, 9.17) is 5.53 Å². The fourth-order valence-corrected chi connectivity index (χ4v) is 1.00. The number of rotatable bonds is 3. The summed E-state index contributed by atoms with van der Waals surface area (Å²) >= 11 is 0. The number of nitrogens with zero attached hydrogens (tertiary/aromatic N) is 3. The number of benzene rings is 1. The van der Waals surface area contributed by atoms with Gasteiger partial charge >= 0.3 is 0 Å².